The second kappa shape index (κ2) is 7.88. The summed E-state index contributed by atoms with van der Waals surface area (Å²) < 4.78 is 5.53. The lowest BCUT2D eigenvalue weighted by Gasteiger charge is -2.20. The fourth-order valence-corrected chi connectivity index (χ4v) is 2.66. The molecule has 2 aromatic rings. The number of nitrogens with zero attached hydrogens (tertiary/aromatic N) is 2. The summed E-state index contributed by atoms with van der Waals surface area (Å²) in [4.78, 5) is 23.8. The summed E-state index contributed by atoms with van der Waals surface area (Å²) in [6, 6.07) is 6.47. The van der Waals surface area contributed by atoms with Crippen LogP contribution in [0.2, 0.25) is 5.02 Å². The molecule has 1 aromatic carbocycles. The van der Waals surface area contributed by atoms with Gasteiger partial charge >= 0.3 is 6.03 Å². The first kappa shape index (κ1) is 19.3. The van der Waals surface area contributed by atoms with E-state index in [-0.39, 0.29) is 5.22 Å². The molecule has 2 rings (SSSR count). The van der Waals surface area contributed by atoms with Gasteiger partial charge in [0.25, 0.3) is 5.22 Å². The summed E-state index contributed by atoms with van der Waals surface area (Å²) in [5, 5.41) is 13.0. The van der Waals surface area contributed by atoms with E-state index in [9.17, 15) is 9.59 Å². The molecule has 0 aliphatic heterocycles. The molecule has 0 radical (unpaired) electrons. The number of nitrogens with one attached hydrogen (secondary N) is 2. The van der Waals surface area contributed by atoms with Crippen LogP contribution in [0.1, 0.15) is 27.7 Å². The smallest absolute Gasteiger partial charge is 0.321 e. The number of hydrogen-bond donors (Lipinski definition) is 2. The summed E-state index contributed by atoms with van der Waals surface area (Å²) in [6.45, 7) is 7.12. The zero-order valence-corrected chi connectivity index (χ0v) is 15.9. The number of amides is 3. The highest BCUT2D eigenvalue weighted by Gasteiger charge is 2.22. The molecule has 1 heterocycles. The van der Waals surface area contributed by atoms with Crippen LogP contribution in [0, 0.1) is 0 Å². The van der Waals surface area contributed by atoms with Crippen LogP contribution in [0.3, 0.4) is 0 Å². The molecule has 1 aromatic heterocycles. The highest BCUT2D eigenvalue weighted by atomic mass is 35.5. The third-order valence-electron chi connectivity index (χ3n) is 2.85. The van der Waals surface area contributed by atoms with E-state index >= 15 is 0 Å². The van der Waals surface area contributed by atoms with E-state index in [1.165, 1.54) is 0 Å². The van der Waals surface area contributed by atoms with Crippen molar-refractivity contribution >= 4 is 35.3 Å². The third-order valence-corrected chi connectivity index (χ3v) is 4.02. The van der Waals surface area contributed by atoms with Crippen molar-refractivity contribution in [2.75, 3.05) is 0 Å². The first-order chi connectivity index (χ1) is 11.6. The van der Waals surface area contributed by atoms with Gasteiger partial charge in [0.1, 0.15) is 0 Å². The molecule has 0 aliphatic carbocycles. The van der Waals surface area contributed by atoms with Gasteiger partial charge in [0, 0.05) is 16.1 Å². The molecule has 0 aliphatic rings. The maximum atomic E-state index is 12.1. The number of thioether (sulfide) groups is 1. The predicted molar refractivity (Wildman–Crippen MR) is 96.5 cm³/mol. The van der Waals surface area contributed by atoms with E-state index in [0.29, 0.717) is 16.5 Å². The van der Waals surface area contributed by atoms with Crippen LogP contribution in [0.15, 0.2) is 33.9 Å². The minimum absolute atomic E-state index is 0.230. The molecule has 0 saturated heterocycles. The Labute approximate surface area is 154 Å². The summed E-state index contributed by atoms with van der Waals surface area (Å²) in [5.74, 6) is -0.141. The number of carbonyl (C=O) groups excluding carboxylic acids is 2. The number of carbonyl (C=O) groups is 2. The zero-order valence-electron chi connectivity index (χ0n) is 14.3. The van der Waals surface area contributed by atoms with Crippen LogP contribution in [-0.2, 0) is 4.79 Å². The van der Waals surface area contributed by atoms with E-state index in [1.807, 2.05) is 20.8 Å². The second-order valence-corrected chi connectivity index (χ2v) is 8.07. The van der Waals surface area contributed by atoms with Gasteiger partial charge in [-0.2, -0.15) is 0 Å². The lowest BCUT2D eigenvalue weighted by Crippen LogP contribution is -2.49. The van der Waals surface area contributed by atoms with Gasteiger partial charge in [-0.25, -0.2) is 4.79 Å². The minimum atomic E-state index is -0.585. The molecule has 9 heteroatoms. The average Bonchev–Trinajstić information content (AvgIpc) is 2.93. The van der Waals surface area contributed by atoms with E-state index in [4.69, 9.17) is 16.0 Å². The zero-order chi connectivity index (χ0) is 18.6. The van der Waals surface area contributed by atoms with Crippen LogP contribution in [0.25, 0.3) is 11.5 Å². The van der Waals surface area contributed by atoms with Crippen molar-refractivity contribution in [1.29, 1.82) is 0 Å². The van der Waals surface area contributed by atoms with E-state index in [2.05, 4.69) is 20.8 Å². The Bertz CT molecular complexity index is 773. The molecular formula is C16H19ClN4O3S. The number of urea groups is 1. The Morgan fingerprint density at radius 3 is 2.64 bits per heavy atom. The van der Waals surface area contributed by atoms with Crippen molar-refractivity contribution in [3.63, 3.8) is 0 Å². The molecule has 0 unspecified atom stereocenters. The molecule has 1 atom stereocenters. The number of halogens is 1. The Kier molecular flexibility index (Phi) is 6.07. The molecule has 0 spiro atoms. The Balaban J connectivity index is 1.95. The normalized spacial score (nSPS) is 12.5. The van der Waals surface area contributed by atoms with E-state index in [1.54, 1.807) is 31.2 Å². The van der Waals surface area contributed by atoms with Crippen LogP contribution in [0.5, 0.6) is 0 Å². The van der Waals surface area contributed by atoms with Crippen molar-refractivity contribution in [2.45, 2.75) is 43.7 Å². The highest BCUT2D eigenvalue weighted by molar-refractivity contribution is 8.00. The van der Waals surface area contributed by atoms with Gasteiger partial charge in [-0.05, 0) is 45.9 Å². The highest BCUT2D eigenvalue weighted by Crippen LogP contribution is 2.27. The average molecular weight is 383 g/mol. The van der Waals surface area contributed by atoms with Crippen LogP contribution < -0.4 is 10.6 Å². The van der Waals surface area contributed by atoms with Gasteiger partial charge < -0.3 is 9.73 Å². The summed E-state index contributed by atoms with van der Waals surface area (Å²) >= 11 is 7.00. The minimum Gasteiger partial charge on any atom is -0.411 e. The maximum Gasteiger partial charge on any atom is 0.321 e. The summed E-state index contributed by atoms with van der Waals surface area (Å²) in [5.41, 5.74) is 0.257. The molecule has 3 amide bonds. The van der Waals surface area contributed by atoms with Gasteiger partial charge in [0.2, 0.25) is 11.8 Å². The fraction of sp³-hybridized carbons (Fsp3) is 0.375. The first-order valence-corrected chi connectivity index (χ1v) is 8.79. The monoisotopic (exact) mass is 382 g/mol. The molecule has 2 N–H and O–H groups in total. The lowest BCUT2D eigenvalue weighted by atomic mass is 10.1. The van der Waals surface area contributed by atoms with Gasteiger partial charge in [0.15, 0.2) is 0 Å². The number of hydrogen-bond acceptors (Lipinski definition) is 6. The molecule has 0 saturated carbocycles. The van der Waals surface area contributed by atoms with Crippen molar-refractivity contribution in [1.82, 2.24) is 20.8 Å². The van der Waals surface area contributed by atoms with Crippen LogP contribution in [-0.4, -0.2) is 32.9 Å². The lowest BCUT2D eigenvalue weighted by molar-refractivity contribution is -0.119. The van der Waals surface area contributed by atoms with Crippen molar-refractivity contribution < 1.29 is 14.0 Å². The predicted octanol–water partition coefficient (Wildman–Crippen LogP) is 3.49. The van der Waals surface area contributed by atoms with Gasteiger partial charge in [-0.1, -0.05) is 29.4 Å². The topological polar surface area (TPSA) is 97.1 Å². The van der Waals surface area contributed by atoms with Crippen molar-refractivity contribution in [3.8, 4) is 11.5 Å². The second-order valence-electron chi connectivity index (χ2n) is 6.34. The number of rotatable bonds is 4. The van der Waals surface area contributed by atoms with Crippen molar-refractivity contribution in [2.24, 2.45) is 0 Å². The van der Waals surface area contributed by atoms with Crippen molar-refractivity contribution in [3.05, 3.63) is 29.3 Å². The Hall–Kier alpha value is -2.06. The van der Waals surface area contributed by atoms with Crippen LogP contribution >= 0.6 is 23.4 Å². The molecular weight excluding hydrogens is 364 g/mol. The molecule has 25 heavy (non-hydrogen) atoms. The molecule has 7 nitrogen and oxygen atoms in total. The Morgan fingerprint density at radius 1 is 1.28 bits per heavy atom. The summed E-state index contributed by atoms with van der Waals surface area (Å²) in [7, 11) is 0. The molecule has 0 bridgehead atoms. The largest absolute Gasteiger partial charge is 0.411 e. The SMILES string of the molecule is C[C@H](Sc1nnc(-c2cccc(Cl)c2)o1)C(=O)NC(=O)NC(C)(C)C. The standard InChI is InChI=1S/C16H19ClN4O3S/c1-9(12(22)18-14(23)19-16(2,3)4)25-15-21-20-13(24-15)10-6-5-7-11(17)8-10/h5-9H,1-4H3,(H2,18,19,22,23)/t9-/m0/s1. The fourth-order valence-electron chi connectivity index (χ4n) is 1.79. The first-order valence-electron chi connectivity index (χ1n) is 7.53. The van der Waals surface area contributed by atoms with Gasteiger partial charge in [-0.15, -0.1) is 10.2 Å². The summed E-state index contributed by atoms with van der Waals surface area (Å²) in [6.07, 6.45) is 0. The van der Waals surface area contributed by atoms with E-state index < -0.39 is 22.7 Å². The molecule has 134 valence electrons. The molecule has 0 fully saturated rings. The van der Waals surface area contributed by atoms with Gasteiger partial charge in [-0.3, -0.25) is 10.1 Å². The van der Waals surface area contributed by atoms with Crippen LogP contribution in [0.4, 0.5) is 4.79 Å². The number of benzene rings is 1. The maximum absolute atomic E-state index is 12.1. The third kappa shape index (κ3) is 6.06. The number of imide groups is 1. The van der Waals surface area contributed by atoms with Gasteiger partial charge in [0.05, 0.1) is 5.25 Å². The quantitative estimate of drug-likeness (QED) is 0.785. The number of aromatic nitrogens is 2. The van der Waals surface area contributed by atoms with E-state index in [0.717, 1.165) is 11.8 Å². The Morgan fingerprint density at radius 2 is 2.00 bits per heavy atom.